The van der Waals surface area contributed by atoms with Crippen molar-refractivity contribution in [2.45, 2.75) is 25.6 Å². The third-order valence-corrected chi connectivity index (χ3v) is 5.39. The Balaban J connectivity index is 1.43. The van der Waals surface area contributed by atoms with Gasteiger partial charge in [-0.2, -0.15) is 5.11 Å². The molecule has 0 bridgehead atoms. The highest BCUT2D eigenvalue weighted by Gasteiger charge is 2.55. The van der Waals surface area contributed by atoms with Crippen LogP contribution in [0.1, 0.15) is 11.1 Å². The first kappa shape index (κ1) is 20.0. The Bertz CT molecular complexity index is 1060. The lowest BCUT2D eigenvalue weighted by molar-refractivity contribution is -0.125. The van der Waals surface area contributed by atoms with Gasteiger partial charge in [0.15, 0.2) is 12.1 Å². The largest absolute Gasteiger partial charge is 0.350 e. The van der Waals surface area contributed by atoms with E-state index in [-0.39, 0.29) is 18.9 Å². The number of nitrogens with zero attached hydrogens (tertiary/aromatic N) is 4. The number of rotatable bonds is 5. The molecule has 0 aliphatic carbocycles. The Morgan fingerprint density at radius 3 is 2.60 bits per heavy atom. The Morgan fingerprint density at radius 1 is 1.17 bits per heavy atom. The van der Waals surface area contributed by atoms with Crippen molar-refractivity contribution in [3.63, 3.8) is 0 Å². The minimum absolute atomic E-state index is 0.194. The first-order chi connectivity index (χ1) is 14.3. The molecule has 2 aromatic rings. The SMILES string of the molecule is Cc1ccc(N2C(=O)[C@@H]3[C@@H](N=NN3CC(=O)NCc3ccc(F)cc3)C2=O)cc1Cl. The zero-order chi connectivity index (χ0) is 21.4. The van der Waals surface area contributed by atoms with Crippen LogP contribution in [0, 0.1) is 12.7 Å². The summed E-state index contributed by atoms with van der Waals surface area (Å²) < 4.78 is 13.0. The molecule has 1 fully saturated rings. The van der Waals surface area contributed by atoms with Gasteiger partial charge in [0, 0.05) is 11.6 Å². The topological polar surface area (TPSA) is 94.4 Å². The van der Waals surface area contributed by atoms with E-state index >= 15 is 0 Å². The molecule has 2 heterocycles. The number of halogens is 2. The number of fused-ring (bicyclic) bond motifs is 1. The molecule has 0 radical (unpaired) electrons. The van der Waals surface area contributed by atoms with Crippen molar-refractivity contribution in [2.24, 2.45) is 10.3 Å². The van der Waals surface area contributed by atoms with E-state index in [1.165, 1.54) is 17.1 Å². The van der Waals surface area contributed by atoms with Crippen LogP contribution >= 0.6 is 11.6 Å². The number of hydrogen-bond acceptors (Lipinski definition) is 6. The Hall–Kier alpha value is -3.33. The average Bonchev–Trinajstić information content (AvgIpc) is 3.23. The highest BCUT2D eigenvalue weighted by Crippen LogP contribution is 2.33. The van der Waals surface area contributed by atoms with Gasteiger partial charge >= 0.3 is 0 Å². The van der Waals surface area contributed by atoms with Crippen LogP contribution in [0.3, 0.4) is 0 Å². The number of hydrogen-bond donors (Lipinski definition) is 1. The number of carbonyl (C=O) groups excluding carboxylic acids is 3. The lowest BCUT2D eigenvalue weighted by atomic mass is 10.1. The maximum atomic E-state index is 13.0. The second-order valence-electron chi connectivity index (χ2n) is 7.04. The lowest BCUT2D eigenvalue weighted by Gasteiger charge is -2.20. The molecule has 0 aromatic heterocycles. The molecule has 0 saturated carbocycles. The molecule has 3 amide bonds. The number of imide groups is 1. The summed E-state index contributed by atoms with van der Waals surface area (Å²) >= 11 is 6.12. The van der Waals surface area contributed by atoms with E-state index in [1.807, 2.05) is 6.92 Å². The molecular weight excluding hydrogens is 413 g/mol. The minimum atomic E-state index is -0.998. The molecule has 30 heavy (non-hydrogen) atoms. The summed E-state index contributed by atoms with van der Waals surface area (Å²) in [5.74, 6) is -1.79. The standard InChI is InChI=1S/C20H17ClFN5O3/c1-11-2-7-14(8-15(11)21)27-19(29)17-18(20(27)30)26(25-24-17)10-16(28)23-9-12-3-5-13(22)6-4-12/h2-8,17-18H,9-10H2,1H3,(H,23,28)/t17-,18+/m1/s1. The van der Waals surface area contributed by atoms with Crippen molar-refractivity contribution in [2.75, 3.05) is 11.4 Å². The smallest absolute Gasteiger partial charge is 0.263 e. The Morgan fingerprint density at radius 2 is 1.90 bits per heavy atom. The molecule has 0 spiro atoms. The molecule has 2 aliphatic rings. The monoisotopic (exact) mass is 429 g/mol. The molecule has 2 aliphatic heterocycles. The van der Waals surface area contributed by atoms with Gasteiger partial charge in [0.2, 0.25) is 5.91 Å². The Labute approximate surface area is 176 Å². The summed E-state index contributed by atoms with van der Waals surface area (Å²) in [5, 5.41) is 12.1. The maximum absolute atomic E-state index is 13.0. The zero-order valence-electron chi connectivity index (χ0n) is 15.9. The molecule has 8 nitrogen and oxygen atoms in total. The molecule has 1 N–H and O–H groups in total. The summed E-state index contributed by atoms with van der Waals surface area (Å²) in [5.41, 5.74) is 1.89. The fraction of sp³-hybridized carbons (Fsp3) is 0.250. The van der Waals surface area contributed by atoms with Gasteiger partial charge in [0.25, 0.3) is 11.8 Å². The molecule has 4 rings (SSSR count). The van der Waals surface area contributed by atoms with Crippen molar-refractivity contribution >= 4 is 35.0 Å². The van der Waals surface area contributed by atoms with E-state index in [4.69, 9.17) is 11.6 Å². The molecule has 2 atom stereocenters. The van der Waals surface area contributed by atoms with E-state index in [1.54, 1.807) is 30.3 Å². The molecule has 10 heteroatoms. The van der Waals surface area contributed by atoms with E-state index in [0.717, 1.165) is 16.0 Å². The highest BCUT2D eigenvalue weighted by molar-refractivity contribution is 6.32. The van der Waals surface area contributed by atoms with Crippen LogP contribution in [-0.4, -0.2) is 41.4 Å². The van der Waals surface area contributed by atoms with E-state index in [2.05, 4.69) is 15.7 Å². The van der Waals surface area contributed by atoms with Crippen LogP contribution in [-0.2, 0) is 20.9 Å². The first-order valence-electron chi connectivity index (χ1n) is 9.17. The van der Waals surface area contributed by atoms with E-state index < -0.39 is 29.8 Å². The molecule has 2 aromatic carbocycles. The summed E-state index contributed by atoms with van der Waals surface area (Å²) in [4.78, 5) is 39.0. The number of anilines is 1. The number of carbonyl (C=O) groups is 3. The second-order valence-corrected chi connectivity index (χ2v) is 7.45. The third-order valence-electron chi connectivity index (χ3n) is 4.98. The second kappa shape index (κ2) is 7.83. The summed E-state index contributed by atoms with van der Waals surface area (Å²) in [6.07, 6.45) is 0. The first-order valence-corrected chi connectivity index (χ1v) is 9.55. The van der Waals surface area contributed by atoms with Crippen molar-refractivity contribution in [1.82, 2.24) is 10.3 Å². The molecular formula is C20H17ClFN5O3. The van der Waals surface area contributed by atoms with Gasteiger partial charge in [-0.15, -0.1) is 0 Å². The lowest BCUT2D eigenvalue weighted by Crippen LogP contribution is -2.44. The van der Waals surface area contributed by atoms with Crippen LogP contribution in [0.25, 0.3) is 0 Å². The predicted octanol–water partition coefficient (Wildman–Crippen LogP) is 2.40. The van der Waals surface area contributed by atoms with Gasteiger partial charge in [0.1, 0.15) is 12.4 Å². The summed E-state index contributed by atoms with van der Waals surface area (Å²) in [6.45, 7) is 1.77. The van der Waals surface area contributed by atoms with Crippen LogP contribution < -0.4 is 10.2 Å². The van der Waals surface area contributed by atoms with Crippen molar-refractivity contribution in [1.29, 1.82) is 0 Å². The van der Waals surface area contributed by atoms with Crippen molar-refractivity contribution in [3.05, 3.63) is 64.4 Å². The Kier molecular flexibility index (Phi) is 5.21. The fourth-order valence-electron chi connectivity index (χ4n) is 3.34. The van der Waals surface area contributed by atoms with Crippen molar-refractivity contribution in [3.8, 4) is 0 Å². The van der Waals surface area contributed by atoms with Gasteiger partial charge in [-0.1, -0.05) is 35.0 Å². The maximum Gasteiger partial charge on any atom is 0.263 e. The minimum Gasteiger partial charge on any atom is -0.350 e. The molecule has 1 saturated heterocycles. The van der Waals surface area contributed by atoms with Crippen LogP contribution in [0.15, 0.2) is 52.8 Å². The summed E-state index contributed by atoms with van der Waals surface area (Å²) in [6, 6.07) is 8.64. The van der Waals surface area contributed by atoms with Gasteiger partial charge < -0.3 is 5.32 Å². The van der Waals surface area contributed by atoms with Gasteiger partial charge in [-0.3, -0.25) is 19.4 Å². The van der Waals surface area contributed by atoms with Crippen LogP contribution in [0.5, 0.6) is 0 Å². The van der Waals surface area contributed by atoms with Gasteiger partial charge in [-0.05, 0) is 42.3 Å². The number of nitrogens with one attached hydrogen (secondary N) is 1. The number of amides is 3. The molecule has 154 valence electrons. The van der Waals surface area contributed by atoms with Gasteiger partial charge in [-0.25, -0.2) is 9.29 Å². The molecule has 0 unspecified atom stereocenters. The van der Waals surface area contributed by atoms with E-state index in [0.29, 0.717) is 10.7 Å². The third kappa shape index (κ3) is 3.63. The number of aryl methyl sites for hydroxylation is 1. The summed E-state index contributed by atoms with van der Waals surface area (Å²) in [7, 11) is 0. The quantitative estimate of drug-likeness (QED) is 0.738. The van der Waals surface area contributed by atoms with Gasteiger partial charge in [0.05, 0.1) is 5.69 Å². The number of benzene rings is 2. The van der Waals surface area contributed by atoms with Crippen LogP contribution in [0.2, 0.25) is 5.02 Å². The highest BCUT2D eigenvalue weighted by atomic mass is 35.5. The normalized spacial score (nSPS) is 20.1. The van der Waals surface area contributed by atoms with Crippen molar-refractivity contribution < 1.29 is 18.8 Å². The fourth-order valence-corrected chi connectivity index (χ4v) is 3.51. The van der Waals surface area contributed by atoms with Crippen LogP contribution in [0.4, 0.5) is 10.1 Å². The predicted molar refractivity (Wildman–Crippen MR) is 106 cm³/mol. The van der Waals surface area contributed by atoms with E-state index in [9.17, 15) is 18.8 Å². The zero-order valence-corrected chi connectivity index (χ0v) is 16.6. The average molecular weight is 430 g/mol.